The van der Waals surface area contributed by atoms with Crippen LogP contribution >= 0.6 is 0 Å². The lowest BCUT2D eigenvalue weighted by Gasteiger charge is -2.25. The van der Waals surface area contributed by atoms with Crippen molar-refractivity contribution >= 4 is 15.7 Å². The molecular weight excluding hydrogens is 374 g/mol. The summed E-state index contributed by atoms with van der Waals surface area (Å²) in [4.78, 5) is 0.245. The van der Waals surface area contributed by atoms with E-state index < -0.39 is 10.0 Å². The fourth-order valence-electron chi connectivity index (χ4n) is 2.81. The Bertz CT molecular complexity index is 1030. The Hall–Kier alpha value is -2.99. The third-order valence-corrected chi connectivity index (χ3v) is 6.22. The van der Waals surface area contributed by atoms with Crippen molar-refractivity contribution < 1.29 is 17.9 Å². The summed E-state index contributed by atoms with van der Waals surface area (Å²) >= 11 is 0. The SMILES string of the molecule is COc1ccc(CN(c2cccc(OC)c2)S(=O)(=O)c2ccc(C)cc2)cc1. The summed E-state index contributed by atoms with van der Waals surface area (Å²) in [5.74, 6) is 1.31. The van der Waals surface area contributed by atoms with Crippen LogP contribution in [0.5, 0.6) is 11.5 Å². The highest BCUT2D eigenvalue weighted by atomic mass is 32.2. The highest BCUT2D eigenvalue weighted by Gasteiger charge is 2.25. The van der Waals surface area contributed by atoms with Crippen LogP contribution in [0, 0.1) is 6.92 Å². The van der Waals surface area contributed by atoms with Gasteiger partial charge in [-0.25, -0.2) is 8.42 Å². The van der Waals surface area contributed by atoms with Gasteiger partial charge in [-0.3, -0.25) is 4.31 Å². The van der Waals surface area contributed by atoms with Crippen LogP contribution < -0.4 is 13.8 Å². The van der Waals surface area contributed by atoms with Crippen LogP contribution in [-0.2, 0) is 16.6 Å². The van der Waals surface area contributed by atoms with Gasteiger partial charge < -0.3 is 9.47 Å². The molecular formula is C22H23NO4S. The molecule has 146 valence electrons. The zero-order chi connectivity index (χ0) is 20.1. The molecule has 0 saturated heterocycles. The fraction of sp³-hybridized carbons (Fsp3) is 0.182. The molecule has 0 unspecified atom stereocenters. The highest BCUT2D eigenvalue weighted by Crippen LogP contribution is 2.29. The van der Waals surface area contributed by atoms with E-state index in [0.717, 1.165) is 16.9 Å². The first kappa shape index (κ1) is 19.8. The van der Waals surface area contributed by atoms with Crippen LogP contribution in [0.4, 0.5) is 5.69 Å². The van der Waals surface area contributed by atoms with E-state index in [9.17, 15) is 8.42 Å². The Balaban J connectivity index is 2.05. The number of methoxy groups -OCH3 is 2. The van der Waals surface area contributed by atoms with E-state index >= 15 is 0 Å². The van der Waals surface area contributed by atoms with Crippen LogP contribution in [0.1, 0.15) is 11.1 Å². The molecule has 0 radical (unpaired) electrons. The van der Waals surface area contributed by atoms with Gasteiger partial charge in [0, 0.05) is 6.07 Å². The Kier molecular flexibility index (Phi) is 5.90. The minimum absolute atomic E-state index is 0.188. The van der Waals surface area contributed by atoms with Gasteiger partial charge >= 0.3 is 0 Å². The van der Waals surface area contributed by atoms with Crippen molar-refractivity contribution in [3.8, 4) is 11.5 Å². The number of hydrogen-bond acceptors (Lipinski definition) is 4. The summed E-state index contributed by atoms with van der Waals surface area (Å²) < 4.78 is 38.7. The highest BCUT2D eigenvalue weighted by molar-refractivity contribution is 7.92. The molecule has 0 atom stereocenters. The number of ether oxygens (including phenoxy) is 2. The quantitative estimate of drug-likeness (QED) is 0.593. The van der Waals surface area contributed by atoms with E-state index in [2.05, 4.69) is 0 Å². The molecule has 0 bridgehead atoms. The molecule has 0 aromatic heterocycles. The Morgan fingerprint density at radius 1 is 0.821 bits per heavy atom. The van der Waals surface area contributed by atoms with Crippen molar-refractivity contribution in [2.24, 2.45) is 0 Å². The maximum atomic E-state index is 13.4. The van der Waals surface area contributed by atoms with Gasteiger partial charge in [0.2, 0.25) is 0 Å². The molecule has 0 saturated carbocycles. The molecule has 3 aromatic rings. The number of hydrogen-bond donors (Lipinski definition) is 0. The number of rotatable bonds is 7. The average Bonchev–Trinajstić information content (AvgIpc) is 2.72. The predicted molar refractivity (Wildman–Crippen MR) is 111 cm³/mol. The van der Waals surface area contributed by atoms with Gasteiger partial charge in [-0.15, -0.1) is 0 Å². The average molecular weight is 397 g/mol. The first-order valence-corrected chi connectivity index (χ1v) is 10.2. The molecule has 0 aliphatic carbocycles. The molecule has 6 heteroatoms. The molecule has 3 rings (SSSR count). The maximum Gasteiger partial charge on any atom is 0.264 e. The van der Waals surface area contributed by atoms with E-state index in [1.807, 2.05) is 31.2 Å². The largest absolute Gasteiger partial charge is 0.497 e. The van der Waals surface area contributed by atoms with Crippen LogP contribution in [0.25, 0.3) is 0 Å². The first-order valence-electron chi connectivity index (χ1n) is 8.80. The number of aryl methyl sites for hydroxylation is 1. The summed E-state index contributed by atoms with van der Waals surface area (Å²) in [7, 11) is -0.610. The first-order chi connectivity index (χ1) is 13.4. The third-order valence-electron chi connectivity index (χ3n) is 4.44. The number of benzene rings is 3. The lowest BCUT2D eigenvalue weighted by Crippen LogP contribution is -2.30. The Morgan fingerprint density at radius 3 is 2.07 bits per heavy atom. The molecule has 3 aromatic carbocycles. The minimum atomic E-state index is -3.76. The molecule has 0 N–H and O–H groups in total. The number of anilines is 1. The van der Waals surface area contributed by atoms with Gasteiger partial charge in [-0.1, -0.05) is 35.9 Å². The number of sulfonamides is 1. The standard InChI is InChI=1S/C22H23NO4S/c1-17-7-13-22(14-8-17)28(24,25)23(19-5-4-6-21(15-19)27-3)16-18-9-11-20(26-2)12-10-18/h4-15H,16H2,1-3H3. The summed E-state index contributed by atoms with van der Waals surface area (Å²) in [5.41, 5.74) is 2.39. The second-order valence-corrected chi connectivity index (χ2v) is 8.24. The van der Waals surface area contributed by atoms with Crippen molar-refractivity contribution in [3.63, 3.8) is 0 Å². The van der Waals surface area contributed by atoms with Crippen molar-refractivity contribution in [3.05, 3.63) is 83.9 Å². The van der Waals surface area contributed by atoms with Crippen molar-refractivity contribution in [1.29, 1.82) is 0 Å². The lowest BCUT2D eigenvalue weighted by molar-refractivity contribution is 0.414. The van der Waals surface area contributed by atoms with E-state index in [1.165, 1.54) is 4.31 Å². The van der Waals surface area contributed by atoms with Gasteiger partial charge in [0.05, 0.1) is 31.3 Å². The predicted octanol–water partition coefficient (Wildman–Crippen LogP) is 4.41. The van der Waals surface area contributed by atoms with Gasteiger partial charge in [0.15, 0.2) is 0 Å². The van der Waals surface area contributed by atoms with Gasteiger partial charge in [-0.2, -0.15) is 0 Å². The maximum absolute atomic E-state index is 13.4. The summed E-state index contributed by atoms with van der Waals surface area (Å²) in [6, 6.07) is 21.2. The second kappa shape index (κ2) is 8.35. The number of nitrogens with zero attached hydrogens (tertiary/aromatic N) is 1. The Morgan fingerprint density at radius 2 is 1.46 bits per heavy atom. The van der Waals surface area contributed by atoms with E-state index in [4.69, 9.17) is 9.47 Å². The van der Waals surface area contributed by atoms with Gasteiger partial charge in [-0.05, 0) is 48.9 Å². The normalized spacial score (nSPS) is 11.1. The summed E-state index contributed by atoms with van der Waals surface area (Å²) in [6.07, 6.45) is 0. The van der Waals surface area contributed by atoms with Crippen molar-refractivity contribution in [1.82, 2.24) is 0 Å². The molecule has 0 aliphatic rings. The van der Waals surface area contributed by atoms with Crippen LogP contribution in [0.2, 0.25) is 0 Å². The molecule has 28 heavy (non-hydrogen) atoms. The zero-order valence-corrected chi connectivity index (χ0v) is 16.9. The molecule has 5 nitrogen and oxygen atoms in total. The smallest absolute Gasteiger partial charge is 0.264 e. The molecule has 0 amide bonds. The summed E-state index contributed by atoms with van der Waals surface area (Å²) in [5, 5.41) is 0. The Labute approximate surface area is 166 Å². The minimum Gasteiger partial charge on any atom is -0.497 e. The third kappa shape index (κ3) is 4.28. The van der Waals surface area contributed by atoms with Gasteiger partial charge in [0.25, 0.3) is 10.0 Å². The fourth-order valence-corrected chi connectivity index (χ4v) is 4.26. The van der Waals surface area contributed by atoms with Crippen molar-refractivity contribution in [2.45, 2.75) is 18.4 Å². The summed E-state index contributed by atoms with van der Waals surface area (Å²) in [6.45, 7) is 2.11. The van der Waals surface area contributed by atoms with E-state index in [0.29, 0.717) is 11.4 Å². The van der Waals surface area contributed by atoms with Gasteiger partial charge in [0.1, 0.15) is 11.5 Å². The lowest BCUT2D eigenvalue weighted by atomic mass is 10.2. The topological polar surface area (TPSA) is 55.8 Å². The van der Waals surface area contributed by atoms with E-state index in [1.54, 1.807) is 62.8 Å². The second-order valence-electron chi connectivity index (χ2n) is 6.37. The zero-order valence-electron chi connectivity index (χ0n) is 16.1. The van der Waals surface area contributed by atoms with Crippen LogP contribution in [-0.4, -0.2) is 22.6 Å². The molecule has 0 fully saturated rings. The monoisotopic (exact) mass is 397 g/mol. The molecule has 0 spiro atoms. The molecule has 0 aliphatic heterocycles. The molecule has 0 heterocycles. The van der Waals surface area contributed by atoms with Crippen LogP contribution in [0.3, 0.4) is 0 Å². The van der Waals surface area contributed by atoms with Crippen molar-refractivity contribution in [2.75, 3.05) is 18.5 Å². The van der Waals surface area contributed by atoms with Crippen LogP contribution in [0.15, 0.2) is 77.7 Å². The van der Waals surface area contributed by atoms with E-state index in [-0.39, 0.29) is 11.4 Å².